The maximum Gasteiger partial charge on any atom is 0.0234 e. The van der Waals surface area contributed by atoms with Crippen molar-refractivity contribution in [3.63, 3.8) is 0 Å². The fourth-order valence-corrected chi connectivity index (χ4v) is 6.44. The third-order valence-electron chi connectivity index (χ3n) is 3.39. The lowest BCUT2D eigenvalue weighted by atomic mass is 9.80. The van der Waals surface area contributed by atoms with Crippen LogP contribution in [0.25, 0.3) is 0 Å². The van der Waals surface area contributed by atoms with Gasteiger partial charge < -0.3 is 0 Å². The molecule has 0 bridgehead atoms. The fourth-order valence-electron chi connectivity index (χ4n) is 2.49. The van der Waals surface area contributed by atoms with Gasteiger partial charge in [-0.3, -0.25) is 0 Å². The molecule has 0 fully saturated rings. The third kappa shape index (κ3) is 1.73. The summed E-state index contributed by atoms with van der Waals surface area (Å²) in [6.45, 7) is 0. The predicted octanol–water partition coefficient (Wildman–Crippen LogP) is 4.27. The standard InChI is InChI=1S/C12H14S3/c1-3-10(14-6-1)12(5-8-13-9-12)11-4-2-7-15-11/h1-2,5-8,10-11H,3-4,9H2. The van der Waals surface area contributed by atoms with Crippen LogP contribution in [-0.4, -0.2) is 16.3 Å². The molecular weight excluding hydrogens is 240 g/mol. The van der Waals surface area contributed by atoms with E-state index < -0.39 is 0 Å². The van der Waals surface area contributed by atoms with Crippen molar-refractivity contribution in [3.05, 3.63) is 34.5 Å². The molecule has 2 atom stereocenters. The van der Waals surface area contributed by atoms with Crippen molar-refractivity contribution in [2.45, 2.75) is 23.3 Å². The molecule has 0 radical (unpaired) electrons. The Hall–Kier alpha value is 0.270. The Morgan fingerprint density at radius 1 is 0.933 bits per heavy atom. The zero-order valence-electron chi connectivity index (χ0n) is 8.46. The summed E-state index contributed by atoms with van der Waals surface area (Å²) < 4.78 is 0. The zero-order chi connectivity index (χ0) is 10.1. The monoisotopic (exact) mass is 254 g/mol. The molecule has 15 heavy (non-hydrogen) atoms. The molecule has 0 spiro atoms. The van der Waals surface area contributed by atoms with Crippen molar-refractivity contribution >= 4 is 35.3 Å². The molecule has 0 aromatic rings. The Kier molecular flexibility index (Phi) is 2.97. The maximum absolute atomic E-state index is 2.49. The topological polar surface area (TPSA) is 0 Å². The summed E-state index contributed by atoms with van der Waals surface area (Å²) in [5.74, 6) is 1.28. The van der Waals surface area contributed by atoms with Crippen LogP contribution >= 0.6 is 35.3 Å². The van der Waals surface area contributed by atoms with Gasteiger partial charge in [0.1, 0.15) is 0 Å². The van der Waals surface area contributed by atoms with Gasteiger partial charge in [-0.05, 0) is 29.1 Å². The van der Waals surface area contributed by atoms with E-state index in [0.29, 0.717) is 5.41 Å². The smallest absolute Gasteiger partial charge is 0.0234 e. The van der Waals surface area contributed by atoms with Gasteiger partial charge in [-0.2, -0.15) is 0 Å². The third-order valence-corrected chi connectivity index (χ3v) is 7.00. The van der Waals surface area contributed by atoms with Crippen molar-refractivity contribution in [3.8, 4) is 0 Å². The second-order valence-electron chi connectivity index (χ2n) is 4.19. The number of hydrogen-bond donors (Lipinski definition) is 0. The molecule has 3 rings (SSSR count). The summed E-state index contributed by atoms with van der Waals surface area (Å²) in [7, 11) is 0. The second kappa shape index (κ2) is 4.27. The summed E-state index contributed by atoms with van der Waals surface area (Å²) in [6.07, 6.45) is 9.67. The Balaban J connectivity index is 1.84. The summed E-state index contributed by atoms with van der Waals surface area (Å²) >= 11 is 6.07. The average molecular weight is 254 g/mol. The zero-order valence-corrected chi connectivity index (χ0v) is 10.9. The highest BCUT2D eigenvalue weighted by Crippen LogP contribution is 2.53. The lowest BCUT2D eigenvalue weighted by molar-refractivity contribution is 0.411. The van der Waals surface area contributed by atoms with Crippen LogP contribution in [0.1, 0.15) is 12.8 Å². The summed E-state index contributed by atoms with van der Waals surface area (Å²) in [4.78, 5) is 0. The van der Waals surface area contributed by atoms with Crippen LogP contribution in [0.15, 0.2) is 34.5 Å². The van der Waals surface area contributed by atoms with Crippen molar-refractivity contribution in [2.75, 3.05) is 5.75 Å². The molecule has 3 aliphatic heterocycles. The molecule has 0 nitrogen and oxygen atoms in total. The normalized spacial score (nSPS) is 43.2. The molecule has 3 aliphatic rings. The molecule has 0 aliphatic carbocycles. The molecule has 0 amide bonds. The van der Waals surface area contributed by atoms with Gasteiger partial charge in [0.15, 0.2) is 0 Å². The van der Waals surface area contributed by atoms with Gasteiger partial charge >= 0.3 is 0 Å². The summed E-state index contributed by atoms with van der Waals surface area (Å²) in [6, 6.07) is 0. The molecule has 0 aromatic carbocycles. The largest absolute Gasteiger partial charge is 0.133 e. The summed E-state index contributed by atoms with van der Waals surface area (Å²) in [5, 5.41) is 8.45. The quantitative estimate of drug-likeness (QED) is 0.722. The van der Waals surface area contributed by atoms with Gasteiger partial charge in [0.25, 0.3) is 0 Å². The molecule has 80 valence electrons. The molecular formula is C12H14S3. The van der Waals surface area contributed by atoms with Gasteiger partial charge in [-0.15, -0.1) is 35.3 Å². The van der Waals surface area contributed by atoms with Crippen LogP contribution in [0.3, 0.4) is 0 Å². The minimum absolute atomic E-state index is 0.438. The van der Waals surface area contributed by atoms with Crippen LogP contribution in [0.4, 0.5) is 0 Å². The van der Waals surface area contributed by atoms with E-state index in [9.17, 15) is 0 Å². The van der Waals surface area contributed by atoms with E-state index >= 15 is 0 Å². The predicted molar refractivity (Wildman–Crippen MR) is 74.3 cm³/mol. The highest BCUT2D eigenvalue weighted by molar-refractivity contribution is 8.04. The minimum atomic E-state index is 0.438. The van der Waals surface area contributed by atoms with Crippen molar-refractivity contribution in [1.29, 1.82) is 0 Å². The van der Waals surface area contributed by atoms with Crippen molar-refractivity contribution in [1.82, 2.24) is 0 Å². The van der Waals surface area contributed by atoms with E-state index in [1.807, 2.05) is 35.3 Å². The van der Waals surface area contributed by atoms with Gasteiger partial charge in [0.05, 0.1) is 0 Å². The number of rotatable bonds is 2. The summed E-state index contributed by atoms with van der Waals surface area (Å²) in [5.41, 5.74) is 0.438. The fraction of sp³-hybridized carbons (Fsp3) is 0.500. The van der Waals surface area contributed by atoms with E-state index in [0.717, 1.165) is 10.5 Å². The van der Waals surface area contributed by atoms with Crippen molar-refractivity contribution < 1.29 is 0 Å². The van der Waals surface area contributed by atoms with E-state index in [2.05, 4.69) is 34.5 Å². The maximum atomic E-state index is 2.49. The van der Waals surface area contributed by atoms with Crippen LogP contribution in [0.2, 0.25) is 0 Å². The molecule has 0 aromatic heterocycles. The number of allylic oxidation sites excluding steroid dienone is 3. The van der Waals surface area contributed by atoms with Gasteiger partial charge in [-0.25, -0.2) is 0 Å². The molecule has 3 heterocycles. The van der Waals surface area contributed by atoms with Crippen molar-refractivity contribution in [2.24, 2.45) is 5.41 Å². The Morgan fingerprint density at radius 2 is 1.60 bits per heavy atom. The van der Waals surface area contributed by atoms with Crippen LogP contribution in [0.5, 0.6) is 0 Å². The van der Waals surface area contributed by atoms with Gasteiger partial charge in [0.2, 0.25) is 0 Å². The highest BCUT2D eigenvalue weighted by atomic mass is 32.2. The Morgan fingerprint density at radius 3 is 2.00 bits per heavy atom. The molecule has 0 saturated heterocycles. The SMILES string of the molecule is C1=CSC(C2(C3CC=CS3)C=CSC2)C1. The van der Waals surface area contributed by atoms with Gasteiger partial charge in [-0.1, -0.05) is 18.2 Å². The Labute approximate surface area is 104 Å². The van der Waals surface area contributed by atoms with E-state index in [1.54, 1.807) is 0 Å². The molecule has 2 unspecified atom stereocenters. The molecule has 3 heteroatoms. The first-order valence-electron chi connectivity index (χ1n) is 5.32. The lowest BCUT2D eigenvalue weighted by Crippen LogP contribution is -2.39. The lowest BCUT2D eigenvalue weighted by Gasteiger charge is -2.37. The van der Waals surface area contributed by atoms with E-state index in [1.165, 1.54) is 18.6 Å². The first-order chi connectivity index (χ1) is 7.42. The first-order valence-corrected chi connectivity index (χ1v) is 8.25. The van der Waals surface area contributed by atoms with E-state index in [4.69, 9.17) is 0 Å². The number of thioether (sulfide) groups is 3. The molecule has 0 saturated carbocycles. The minimum Gasteiger partial charge on any atom is -0.133 e. The van der Waals surface area contributed by atoms with Crippen LogP contribution in [-0.2, 0) is 0 Å². The first kappa shape index (κ1) is 10.4. The van der Waals surface area contributed by atoms with E-state index in [-0.39, 0.29) is 0 Å². The molecule has 0 N–H and O–H groups in total. The highest BCUT2D eigenvalue weighted by Gasteiger charge is 2.46. The van der Waals surface area contributed by atoms with Crippen LogP contribution in [0, 0.1) is 5.41 Å². The van der Waals surface area contributed by atoms with Crippen LogP contribution < -0.4 is 0 Å². The Bertz CT molecular complexity index is 292. The van der Waals surface area contributed by atoms with Gasteiger partial charge in [0, 0.05) is 21.7 Å². The average Bonchev–Trinajstić information content (AvgIpc) is 3.02. The second-order valence-corrected chi connectivity index (χ2v) is 7.31. The number of hydrogen-bond acceptors (Lipinski definition) is 3.